The first-order valence-electron chi connectivity index (χ1n) is 7.34. The second-order valence-electron chi connectivity index (χ2n) is 5.45. The summed E-state index contributed by atoms with van der Waals surface area (Å²) in [6, 6.07) is 19.9. The fourth-order valence-corrected chi connectivity index (χ4v) is 3.56. The van der Waals surface area contributed by atoms with Crippen LogP contribution in [0.1, 0.15) is 5.56 Å². The Labute approximate surface area is 137 Å². The van der Waals surface area contributed by atoms with Crippen molar-refractivity contribution in [2.45, 2.75) is 6.92 Å². The van der Waals surface area contributed by atoms with Crippen LogP contribution >= 0.6 is 11.3 Å². The number of fused-ring (bicyclic) bond motifs is 3. The molecule has 0 atom stereocenters. The molecule has 1 N–H and O–H groups in total. The van der Waals surface area contributed by atoms with Crippen molar-refractivity contribution < 1.29 is 5.11 Å². The van der Waals surface area contributed by atoms with E-state index in [-0.39, 0.29) is 5.75 Å². The maximum absolute atomic E-state index is 10.6. The average Bonchev–Trinajstić information content (AvgIpc) is 2.91. The minimum atomic E-state index is 0.206. The molecule has 0 fully saturated rings. The molecular weight excluding hydrogens is 304 g/mol. The number of hydrogen-bond acceptors (Lipinski definition) is 4. The summed E-state index contributed by atoms with van der Waals surface area (Å²) in [4.78, 5) is 0. The highest BCUT2D eigenvalue weighted by Gasteiger charge is 2.13. The van der Waals surface area contributed by atoms with Gasteiger partial charge < -0.3 is 5.11 Å². The molecule has 4 heteroatoms. The Morgan fingerprint density at radius 3 is 2.48 bits per heavy atom. The van der Waals surface area contributed by atoms with Gasteiger partial charge in [0, 0.05) is 10.1 Å². The molecule has 1 aromatic heterocycles. The quantitative estimate of drug-likeness (QED) is 0.422. The molecule has 0 amide bonds. The van der Waals surface area contributed by atoms with Gasteiger partial charge in [-0.2, -0.15) is 0 Å². The van der Waals surface area contributed by atoms with Crippen LogP contribution in [0.15, 0.2) is 70.9 Å². The summed E-state index contributed by atoms with van der Waals surface area (Å²) in [6.45, 7) is 2.03. The molecule has 0 bridgehead atoms. The molecule has 0 radical (unpaired) electrons. The van der Waals surface area contributed by atoms with Gasteiger partial charge in [0.05, 0.1) is 5.69 Å². The van der Waals surface area contributed by atoms with Crippen LogP contribution in [-0.2, 0) is 0 Å². The third-order valence-corrected chi connectivity index (χ3v) is 4.86. The molecule has 0 saturated heterocycles. The van der Waals surface area contributed by atoms with Gasteiger partial charge in [0.1, 0.15) is 0 Å². The highest BCUT2D eigenvalue weighted by atomic mass is 32.1. The number of nitrogens with zero attached hydrogens (tertiary/aromatic N) is 2. The van der Waals surface area contributed by atoms with Crippen LogP contribution in [0, 0.1) is 6.92 Å². The topological polar surface area (TPSA) is 45.0 Å². The van der Waals surface area contributed by atoms with Gasteiger partial charge in [0.15, 0.2) is 10.8 Å². The Kier molecular flexibility index (Phi) is 3.32. The lowest BCUT2D eigenvalue weighted by Gasteiger charge is -1.99. The van der Waals surface area contributed by atoms with Crippen molar-refractivity contribution in [1.29, 1.82) is 0 Å². The molecule has 0 aliphatic carbocycles. The molecule has 4 rings (SSSR count). The van der Waals surface area contributed by atoms with E-state index in [9.17, 15) is 5.11 Å². The van der Waals surface area contributed by atoms with Crippen LogP contribution in [0.4, 0.5) is 10.7 Å². The van der Waals surface area contributed by atoms with Gasteiger partial charge in [0.2, 0.25) is 0 Å². The van der Waals surface area contributed by atoms with Gasteiger partial charge in [-0.3, -0.25) is 0 Å². The van der Waals surface area contributed by atoms with E-state index >= 15 is 0 Å². The molecule has 0 spiro atoms. The lowest BCUT2D eigenvalue weighted by Crippen LogP contribution is -1.72. The third-order valence-electron chi connectivity index (χ3n) is 3.83. The van der Waals surface area contributed by atoms with Crippen molar-refractivity contribution >= 4 is 42.9 Å². The maximum Gasteiger partial charge on any atom is 0.181 e. The molecule has 0 saturated carbocycles. The number of benzene rings is 3. The zero-order valence-electron chi connectivity index (χ0n) is 12.5. The van der Waals surface area contributed by atoms with Crippen LogP contribution in [0.25, 0.3) is 20.9 Å². The van der Waals surface area contributed by atoms with Gasteiger partial charge in [-0.15, -0.1) is 21.6 Å². The summed E-state index contributed by atoms with van der Waals surface area (Å²) >= 11 is 1.45. The van der Waals surface area contributed by atoms with Crippen molar-refractivity contribution in [2.24, 2.45) is 10.2 Å². The standard InChI is InChI=1S/C19H14N2OS/c1-12-6-9-14(10-7-12)20-21-19-18(22)17-15-5-3-2-4-13(15)8-11-16(17)23-19/h2-11,22H,1H3. The molecule has 3 nitrogen and oxygen atoms in total. The fraction of sp³-hybridized carbons (Fsp3) is 0.0526. The van der Waals surface area contributed by atoms with Gasteiger partial charge in [0.25, 0.3) is 0 Å². The minimum Gasteiger partial charge on any atom is -0.504 e. The summed E-state index contributed by atoms with van der Waals surface area (Å²) in [5.74, 6) is 0.206. The first-order chi connectivity index (χ1) is 11.2. The summed E-state index contributed by atoms with van der Waals surface area (Å²) < 4.78 is 1.01. The SMILES string of the molecule is Cc1ccc(N=Nc2sc3ccc4ccccc4c3c2O)cc1. The Hall–Kier alpha value is -2.72. The van der Waals surface area contributed by atoms with Crippen molar-refractivity contribution in [3.8, 4) is 5.75 Å². The molecule has 3 aromatic carbocycles. The lowest BCUT2D eigenvalue weighted by atomic mass is 10.1. The first-order valence-corrected chi connectivity index (χ1v) is 8.15. The van der Waals surface area contributed by atoms with Crippen LogP contribution < -0.4 is 0 Å². The van der Waals surface area contributed by atoms with E-state index in [0.29, 0.717) is 5.00 Å². The highest BCUT2D eigenvalue weighted by molar-refractivity contribution is 7.23. The van der Waals surface area contributed by atoms with Gasteiger partial charge in [-0.1, -0.05) is 48.0 Å². The number of thiophene rings is 1. The van der Waals surface area contributed by atoms with Gasteiger partial charge >= 0.3 is 0 Å². The van der Waals surface area contributed by atoms with E-state index in [1.807, 2.05) is 61.5 Å². The summed E-state index contributed by atoms with van der Waals surface area (Å²) in [5, 5.41) is 22.6. The highest BCUT2D eigenvalue weighted by Crippen LogP contribution is 2.46. The Balaban J connectivity index is 1.83. The van der Waals surface area contributed by atoms with Crippen molar-refractivity contribution in [3.63, 3.8) is 0 Å². The van der Waals surface area contributed by atoms with Crippen molar-refractivity contribution in [1.82, 2.24) is 0 Å². The van der Waals surface area contributed by atoms with E-state index in [2.05, 4.69) is 16.3 Å². The zero-order valence-corrected chi connectivity index (χ0v) is 13.3. The van der Waals surface area contributed by atoms with Crippen LogP contribution in [-0.4, -0.2) is 5.11 Å². The van der Waals surface area contributed by atoms with E-state index < -0.39 is 0 Å². The third kappa shape index (κ3) is 2.47. The Morgan fingerprint density at radius 2 is 1.65 bits per heavy atom. The molecule has 112 valence electrons. The second kappa shape index (κ2) is 5.48. The van der Waals surface area contributed by atoms with Crippen LogP contribution in [0.3, 0.4) is 0 Å². The van der Waals surface area contributed by atoms with E-state index in [0.717, 1.165) is 26.5 Å². The smallest absolute Gasteiger partial charge is 0.181 e. The maximum atomic E-state index is 10.6. The number of azo groups is 1. The number of rotatable bonds is 2. The number of hydrogen-bond donors (Lipinski definition) is 1. The number of aromatic hydroxyl groups is 1. The average molecular weight is 318 g/mol. The summed E-state index contributed by atoms with van der Waals surface area (Å²) in [5.41, 5.74) is 1.96. The van der Waals surface area contributed by atoms with Gasteiger partial charge in [-0.25, -0.2) is 0 Å². The Morgan fingerprint density at radius 1 is 0.870 bits per heavy atom. The molecule has 1 heterocycles. The van der Waals surface area contributed by atoms with Crippen LogP contribution in [0.5, 0.6) is 5.75 Å². The predicted octanol–water partition coefficient (Wildman–Crippen LogP) is 6.48. The minimum absolute atomic E-state index is 0.206. The normalized spacial score (nSPS) is 11.7. The van der Waals surface area contributed by atoms with Gasteiger partial charge in [-0.05, 0) is 35.9 Å². The zero-order chi connectivity index (χ0) is 15.8. The monoisotopic (exact) mass is 318 g/mol. The first kappa shape index (κ1) is 13.9. The largest absolute Gasteiger partial charge is 0.504 e. The summed E-state index contributed by atoms with van der Waals surface area (Å²) in [7, 11) is 0. The molecule has 23 heavy (non-hydrogen) atoms. The van der Waals surface area contributed by atoms with Crippen molar-refractivity contribution in [2.75, 3.05) is 0 Å². The molecule has 0 unspecified atom stereocenters. The summed E-state index contributed by atoms with van der Waals surface area (Å²) in [6.07, 6.45) is 0. The molecular formula is C19H14N2OS. The van der Waals surface area contributed by atoms with Crippen molar-refractivity contribution in [3.05, 3.63) is 66.2 Å². The van der Waals surface area contributed by atoms with E-state index in [1.54, 1.807) is 0 Å². The lowest BCUT2D eigenvalue weighted by molar-refractivity contribution is 0.485. The second-order valence-corrected chi connectivity index (χ2v) is 6.48. The predicted molar refractivity (Wildman–Crippen MR) is 96.4 cm³/mol. The molecule has 4 aromatic rings. The van der Waals surface area contributed by atoms with E-state index in [1.165, 1.54) is 16.9 Å². The molecule has 0 aliphatic rings. The molecule has 0 aliphatic heterocycles. The fourth-order valence-electron chi connectivity index (χ4n) is 2.62. The van der Waals surface area contributed by atoms with Crippen LogP contribution in [0.2, 0.25) is 0 Å². The Bertz CT molecular complexity index is 1030. The van der Waals surface area contributed by atoms with E-state index in [4.69, 9.17) is 0 Å². The number of aryl methyl sites for hydroxylation is 1.